The van der Waals surface area contributed by atoms with Gasteiger partial charge >= 0.3 is 0 Å². The molecule has 0 saturated carbocycles. The number of nitrogens with zero attached hydrogens (tertiary/aromatic N) is 1. The van der Waals surface area contributed by atoms with Crippen LogP contribution < -0.4 is 4.72 Å². The quantitative estimate of drug-likeness (QED) is 0.868. The Hall–Kier alpha value is -1.15. The maximum absolute atomic E-state index is 12.3. The maximum atomic E-state index is 12.3. The second-order valence-electron chi connectivity index (χ2n) is 5.19. The minimum absolute atomic E-state index is 0.0642. The number of halogens is 1. The molecule has 0 spiro atoms. The summed E-state index contributed by atoms with van der Waals surface area (Å²) in [5.41, 5.74) is 0.705. The smallest absolute Gasteiger partial charge is 0.224 e. The van der Waals surface area contributed by atoms with E-state index in [1.165, 1.54) is 0 Å². The lowest BCUT2D eigenvalue weighted by molar-refractivity contribution is -0.135. The van der Waals surface area contributed by atoms with Crippen molar-refractivity contribution >= 4 is 27.5 Å². The Balaban J connectivity index is 2.13. The van der Waals surface area contributed by atoms with Crippen molar-refractivity contribution in [1.29, 1.82) is 0 Å². The van der Waals surface area contributed by atoms with Gasteiger partial charge in [-0.25, -0.2) is 13.1 Å². The molecular formula is C14H19ClN2O4S. The maximum Gasteiger partial charge on any atom is 0.224 e. The molecule has 22 heavy (non-hydrogen) atoms. The lowest BCUT2D eigenvalue weighted by Crippen LogP contribution is -2.42. The third kappa shape index (κ3) is 5.24. The van der Waals surface area contributed by atoms with E-state index in [4.69, 9.17) is 16.3 Å². The van der Waals surface area contributed by atoms with Gasteiger partial charge in [0.2, 0.25) is 15.9 Å². The van der Waals surface area contributed by atoms with Crippen molar-refractivity contribution in [3.8, 4) is 0 Å². The first kappa shape index (κ1) is 17.2. The number of hydrogen-bond acceptors (Lipinski definition) is 4. The Labute approximate surface area is 135 Å². The predicted molar refractivity (Wildman–Crippen MR) is 84.2 cm³/mol. The van der Waals surface area contributed by atoms with E-state index in [2.05, 4.69) is 4.72 Å². The summed E-state index contributed by atoms with van der Waals surface area (Å²) in [6.45, 7) is 2.09. The lowest BCUT2D eigenvalue weighted by atomic mass is 10.0. The molecule has 0 bridgehead atoms. The van der Waals surface area contributed by atoms with Gasteiger partial charge < -0.3 is 9.64 Å². The van der Waals surface area contributed by atoms with Crippen LogP contribution in [-0.2, 0) is 19.6 Å². The first-order valence-corrected chi connectivity index (χ1v) is 9.20. The fourth-order valence-corrected chi connectivity index (χ4v) is 3.16. The van der Waals surface area contributed by atoms with E-state index in [-0.39, 0.29) is 12.3 Å². The number of carbonyl (C=O) groups excluding carboxylic acids is 1. The van der Waals surface area contributed by atoms with Crippen LogP contribution in [-0.4, -0.2) is 51.8 Å². The van der Waals surface area contributed by atoms with Crippen molar-refractivity contribution in [2.75, 3.05) is 32.6 Å². The third-order valence-electron chi connectivity index (χ3n) is 3.37. The summed E-state index contributed by atoms with van der Waals surface area (Å²) in [5.74, 6) is -0.0978. The molecule has 1 atom stereocenters. The van der Waals surface area contributed by atoms with E-state index in [1.807, 2.05) is 0 Å². The number of nitrogens with one attached hydrogen (secondary N) is 1. The predicted octanol–water partition coefficient (Wildman–Crippen LogP) is 1.18. The number of amides is 1. The van der Waals surface area contributed by atoms with Crippen LogP contribution in [0.4, 0.5) is 0 Å². The molecule has 2 rings (SSSR count). The molecule has 1 saturated heterocycles. The second kappa shape index (κ2) is 7.41. The van der Waals surface area contributed by atoms with Gasteiger partial charge in [0.15, 0.2) is 0 Å². The van der Waals surface area contributed by atoms with Crippen molar-refractivity contribution in [2.45, 2.75) is 12.5 Å². The molecule has 0 aromatic heterocycles. The number of carbonyl (C=O) groups is 1. The molecule has 1 N–H and O–H groups in total. The molecule has 1 aromatic rings. The first-order chi connectivity index (χ1) is 10.3. The highest BCUT2D eigenvalue weighted by Gasteiger charge is 2.24. The Kier molecular flexibility index (Phi) is 5.80. The second-order valence-corrected chi connectivity index (χ2v) is 7.41. The van der Waals surface area contributed by atoms with Gasteiger partial charge in [0.1, 0.15) is 0 Å². The molecule has 1 aliphatic heterocycles. The molecule has 1 amide bonds. The monoisotopic (exact) mass is 346 g/mol. The molecule has 1 heterocycles. The number of benzene rings is 1. The van der Waals surface area contributed by atoms with E-state index in [0.29, 0.717) is 36.9 Å². The van der Waals surface area contributed by atoms with E-state index in [0.717, 1.165) is 6.26 Å². The van der Waals surface area contributed by atoms with Crippen molar-refractivity contribution in [3.05, 3.63) is 34.9 Å². The highest BCUT2D eigenvalue weighted by molar-refractivity contribution is 7.88. The van der Waals surface area contributed by atoms with Crippen LogP contribution >= 0.6 is 11.6 Å². The summed E-state index contributed by atoms with van der Waals surface area (Å²) in [6, 6.07) is 6.18. The molecule has 0 unspecified atom stereocenters. The molecule has 8 heteroatoms. The van der Waals surface area contributed by atoms with Gasteiger partial charge in [-0.3, -0.25) is 4.79 Å². The number of morpholine rings is 1. The van der Waals surface area contributed by atoms with Gasteiger partial charge in [0.25, 0.3) is 0 Å². The highest BCUT2D eigenvalue weighted by Crippen LogP contribution is 2.21. The first-order valence-electron chi connectivity index (χ1n) is 6.93. The van der Waals surface area contributed by atoms with Gasteiger partial charge in [0, 0.05) is 24.5 Å². The Bertz CT molecular complexity index is 612. The van der Waals surface area contributed by atoms with E-state index in [9.17, 15) is 13.2 Å². The van der Waals surface area contributed by atoms with Crippen molar-refractivity contribution in [1.82, 2.24) is 9.62 Å². The fraction of sp³-hybridized carbons (Fsp3) is 0.500. The van der Waals surface area contributed by atoms with Crippen LogP contribution in [0, 0.1) is 0 Å². The fourth-order valence-electron chi connectivity index (χ4n) is 2.30. The van der Waals surface area contributed by atoms with Crippen molar-refractivity contribution in [3.63, 3.8) is 0 Å². The minimum atomic E-state index is -3.44. The summed E-state index contributed by atoms with van der Waals surface area (Å²) in [7, 11) is -3.44. The molecule has 0 aliphatic carbocycles. The standard InChI is InChI=1S/C14H19ClN2O4S/c1-22(19,20)16-13(11-2-4-12(15)5-3-11)10-14(18)17-6-8-21-9-7-17/h2-5,13,16H,6-10H2,1H3/t13-/m1/s1. The largest absolute Gasteiger partial charge is 0.378 e. The van der Waals surface area contributed by atoms with Gasteiger partial charge in [-0.2, -0.15) is 0 Å². The van der Waals surface area contributed by atoms with E-state index < -0.39 is 16.1 Å². The summed E-state index contributed by atoms with van der Waals surface area (Å²) >= 11 is 5.85. The zero-order valence-electron chi connectivity index (χ0n) is 12.3. The minimum Gasteiger partial charge on any atom is -0.378 e. The number of ether oxygens (including phenoxy) is 1. The van der Waals surface area contributed by atoms with Crippen LogP contribution in [0.15, 0.2) is 24.3 Å². The Morgan fingerprint density at radius 1 is 1.32 bits per heavy atom. The highest BCUT2D eigenvalue weighted by atomic mass is 35.5. The van der Waals surface area contributed by atoms with Gasteiger partial charge in [-0.15, -0.1) is 0 Å². The van der Waals surface area contributed by atoms with Crippen LogP contribution in [0.1, 0.15) is 18.0 Å². The molecule has 122 valence electrons. The summed E-state index contributed by atoms with van der Waals surface area (Å²) in [6.07, 6.45) is 1.14. The van der Waals surface area contributed by atoms with Crippen LogP contribution in [0.2, 0.25) is 5.02 Å². The van der Waals surface area contributed by atoms with Crippen LogP contribution in [0.3, 0.4) is 0 Å². The Morgan fingerprint density at radius 3 is 2.45 bits per heavy atom. The van der Waals surface area contributed by atoms with Gasteiger partial charge in [0.05, 0.1) is 25.5 Å². The average molecular weight is 347 g/mol. The summed E-state index contributed by atoms with van der Waals surface area (Å²) in [4.78, 5) is 14.0. The summed E-state index contributed by atoms with van der Waals surface area (Å²) in [5, 5.41) is 0.557. The van der Waals surface area contributed by atoms with E-state index >= 15 is 0 Å². The van der Waals surface area contributed by atoms with Gasteiger partial charge in [-0.05, 0) is 17.7 Å². The Morgan fingerprint density at radius 2 is 1.91 bits per heavy atom. The number of rotatable bonds is 5. The number of hydrogen-bond donors (Lipinski definition) is 1. The zero-order valence-corrected chi connectivity index (χ0v) is 13.9. The molecule has 1 aliphatic rings. The van der Waals surface area contributed by atoms with Crippen molar-refractivity contribution in [2.24, 2.45) is 0 Å². The average Bonchev–Trinajstić information content (AvgIpc) is 2.47. The number of sulfonamides is 1. The normalized spacial score (nSPS) is 17.3. The molecule has 1 fully saturated rings. The SMILES string of the molecule is CS(=O)(=O)N[C@H](CC(=O)N1CCOCC1)c1ccc(Cl)cc1. The molecule has 1 aromatic carbocycles. The molecular weight excluding hydrogens is 328 g/mol. The topological polar surface area (TPSA) is 75.7 Å². The zero-order chi connectivity index (χ0) is 16.2. The van der Waals surface area contributed by atoms with Crippen LogP contribution in [0.5, 0.6) is 0 Å². The molecule has 0 radical (unpaired) electrons. The van der Waals surface area contributed by atoms with Crippen LogP contribution in [0.25, 0.3) is 0 Å². The van der Waals surface area contributed by atoms with E-state index in [1.54, 1.807) is 29.2 Å². The lowest BCUT2D eigenvalue weighted by Gasteiger charge is -2.28. The van der Waals surface area contributed by atoms with Crippen molar-refractivity contribution < 1.29 is 17.9 Å². The third-order valence-corrected chi connectivity index (χ3v) is 4.34. The summed E-state index contributed by atoms with van der Waals surface area (Å²) < 4.78 is 30.8. The molecule has 6 nitrogen and oxygen atoms in total. The van der Waals surface area contributed by atoms with Gasteiger partial charge in [-0.1, -0.05) is 23.7 Å².